The molecular formula is C16H29NO3. The van der Waals surface area contributed by atoms with E-state index in [-0.39, 0.29) is 17.8 Å². The van der Waals surface area contributed by atoms with Crippen LogP contribution in [-0.2, 0) is 14.3 Å². The van der Waals surface area contributed by atoms with E-state index < -0.39 is 0 Å². The minimum absolute atomic E-state index is 0.0157. The number of esters is 1. The predicted octanol–water partition coefficient (Wildman–Crippen LogP) is 3.15. The Morgan fingerprint density at radius 2 is 1.65 bits per heavy atom. The molecule has 0 saturated carbocycles. The lowest BCUT2D eigenvalue weighted by Crippen LogP contribution is -2.40. The van der Waals surface area contributed by atoms with Crippen molar-refractivity contribution >= 4 is 11.9 Å². The van der Waals surface area contributed by atoms with Gasteiger partial charge in [-0.05, 0) is 19.3 Å². The minimum Gasteiger partial charge on any atom is -0.469 e. The van der Waals surface area contributed by atoms with Crippen LogP contribution in [0.1, 0.15) is 64.7 Å². The van der Waals surface area contributed by atoms with Crippen LogP contribution in [0.25, 0.3) is 0 Å². The third kappa shape index (κ3) is 5.93. The molecule has 4 nitrogen and oxygen atoms in total. The van der Waals surface area contributed by atoms with Crippen LogP contribution in [0, 0.1) is 5.92 Å². The zero-order valence-electron chi connectivity index (χ0n) is 13.0. The third-order valence-corrected chi connectivity index (χ3v) is 4.13. The van der Waals surface area contributed by atoms with Gasteiger partial charge in [-0.3, -0.25) is 9.59 Å². The third-order valence-electron chi connectivity index (χ3n) is 4.13. The summed E-state index contributed by atoms with van der Waals surface area (Å²) in [6.07, 6.45) is 9.40. The van der Waals surface area contributed by atoms with E-state index in [0.717, 1.165) is 25.7 Å². The molecular weight excluding hydrogens is 254 g/mol. The van der Waals surface area contributed by atoms with Crippen molar-refractivity contribution in [3.63, 3.8) is 0 Å². The van der Waals surface area contributed by atoms with E-state index >= 15 is 0 Å². The summed E-state index contributed by atoms with van der Waals surface area (Å²) in [7, 11) is 1.43. The van der Waals surface area contributed by atoms with E-state index in [1.54, 1.807) is 0 Å². The average molecular weight is 283 g/mol. The molecule has 0 spiro atoms. The van der Waals surface area contributed by atoms with Crippen LogP contribution < -0.4 is 0 Å². The van der Waals surface area contributed by atoms with E-state index in [1.807, 2.05) is 4.90 Å². The zero-order valence-corrected chi connectivity index (χ0v) is 13.0. The van der Waals surface area contributed by atoms with Gasteiger partial charge in [-0.25, -0.2) is 0 Å². The molecule has 1 heterocycles. The Bertz CT molecular complexity index is 296. The molecule has 0 atom stereocenters. The first-order valence-electron chi connectivity index (χ1n) is 8.04. The molecule has 116 valence electrons. The highest BCUT2D eigenvalue weighted by Crippen LogP contribution is 2.19. The topological polar surface area (TPSA) is 46.6 Å². The molecule has 0 aromatic carbocycles. The van der Waals surface area contributed by atoms with Gasteiger partial charge >= 0.3 is 5.97 Å². The second-order valence-corrected chi connectivity index (χ2v) is 5.70. The van der Waals surface area contributed by atoms with Crippen molar-refractivity contribution in [2.75, 3.05) is 20.2 Å². The van der Waals surface area contributed by atoms with Crippen molar-refractivity contribution in [3.8, 4) is 0 Å². The van der Waals surface area contributed by atoms with Gasteiger partial charge in [0.25, 0.3) is 0 Å². The summed E-state index contributed by atoms with van der Waals surface area (Å²) < 4.78 is 4.75. The molecule has 0 aliphatic carbocycles. The van der Waals surface area contributed by atoms with Gasteiger partial charge in [0.1, 0.15) is 0 Å². The Hall–Kier alpha value is -1.06. The molecule has 1 aliphatic rings. The van der Waals surface area contributed by atoms with Crippen molar-refractivity contribution < 1.29 is 14.3 Å². The summed E-state index contributed by atoms with van der Waals surface area (Å²) in [5.41, 5.74) is 0. The van der Waals surface area contributed by atoms with Gasteiger partial charge in [0, 0.05) is 19.5 Å². The van der Waals surface area contributed by atoms with E-state index in [0.29, 0.717) is 19.5 Å². The minimum atomic E-state index is -0.131. The Labute approximate surface area is 122 Å². The van der Waals surface area contributed by atoms with Crippen LogP contribution in [0.3, 0.4) is 0 Å². The summed E-state index contributed by atoms with van der Waals surface area (Å²) in [4.78, 5) is 25.4. The van der Waals surface area contributed by atoms with Crippen molar-refractivity contribution in [1.29, 1.82) is 0 Å². The number of amides is 1. The second-order valence-electron chi connectivity index (χ2n) is 5.70. The number of carbonyl (C=O) groups is 2. The highest BCUT2D eigenvalue weighted by molar-refractivity contribution is 5.77. The summed E-state index contributed by atoms with van der Waals surface area (Å²) in [5.74, 6) is 0.106. The monoisotopic (exact) mass is 283 g/mol. The van der Waals surface area contributed by atoms with E-state index in [9.17, 15) is 9.59 Å². The molecule has 0 aromatic heterocycles. The first-order valence-corrected chi connectivity index (χ1v) is 8.04. The fourth-order valence-electron chi connectivity index (χ4n) is 2.75. The predicted molar refractivity (Wildman–Crippen MR) is 79.3 cm³/mol. The van der Waals surface area contributed by atoms with Gasteiger partial charge < -0.3 is 9.64 Å². The molecule has 1 rings (SSSR count). The first-order chi connectivity index (χ1) is 9.69. The Balaban J connectivity index is 2.11. The van der Waals surface area contributed by atoms with Gasteiger partial charge in [0.2, 0.25) is 5.91 Å². The van der Waals surface area contributed by atoms with Crippen LogP contribution in [0.2, 0.25) is 0 Å². The molecule has 1 amide bonds. The SMILES string of the molecule is CCCCCCCCC(=O)N1CCC(C(=O)OC)CC1. The Morgan fingerprint density at radius 3 is 2.25 bits per heavy atom. The summed E-state index contributed by atoms with van der Waals surface area (Å²) in [6.45, 7) is 3.62. The van der Waals surface area contributed by atoms with Crippen LogP contribution in [-0.4, -0.2) is 37.0 Å². The standard InChI is InChI=1S/C16H29NO3/c1-3-4-5-6-7-8-9-15(18)17-12-10-14(11-13-17)16(19)20-2/h14H,3-13H2,1-2H3. The second kappa shape index (κ2) is 9.78. The van der Waals surface area contributed by atoms with Gasteiger partial charge in [-0.2, -0.15) is 0 Å². The molecule has 1 aliphatic heterocycles. The quantitative estimate of drug-likeness (QED) is 0.508. The number of carbonyl (C=O) groups excluding carboxylic acids is 2. The van der Waals surface area contributed by atoms with Crippen molar-refractivity contribution in [3.05, 3.63) is 0 Å². The van der Waals surface area contributed by atoms with E-state index in [2.05, 4.69) is 6.92 Å². The van der Waals surface area contributed by atoms with Gasteiger partial charge in [0.05, 0.1) is 13.0 Å². The molecule has 0 radical (unpaired) electrons. The summed E-state index contributed by atoms with van der Waals surface area (Å²) >= 11 is 0. The van der Waals surface area contributed by atoms with Crippen LogP contribution in [0.5, 0.6) is 0 Å². The fraction of sp³-hybridized carbons (Fsp3) is 0.875. The van der Waals surface area contributed by atoms with Crippen molar-refractivity contribution in [2.24, 2.45) is 5.92 Å². The number of rotatable bonds is 8. The molecule has 4 heteroatoms. The average Bonchev–Trinajstić information content (AvgIpc) is 2.50. The zero-order chi connectivity index (χ0) is 14.8. The van der Waals surface area contributed by atoms with Crippen molar-refractivity contribution in [1.82, 2.24) is 4.90 Å². The highest BCUT2D eigenvalue weighted by Gasteiger charge is 2.27. The maximum Gasteiger partial charge on any atom is 0.308 e. The lowest BCUT2D eigenvalue weighted by molar-refractivity contribution is -0.148. The number of hydrogen-bond donors (Lipinski definition) is 0. The van der Waals surface area contributed by atoms with Crippen LogP contribution in [0.15, 0.2) is 0 Å². The van der Waals surface area contributed by atoms with E-state index in [1.165, 1.54) is 32.8 Å². The van der Waals surface area contributed by atoms with Gasteiger partial charge in [-0.15, -0.1) is 0 Å². The number of ether oxygens (including phenoxy) is 1. The number of piperidine rings is 1. The largest absolute Gasteiger partial charge is 0.469 e. The maximum absolute atomic E-state index is 12.0. The molecule has 0 aromatic rings. The van der Waals surface area contributed by atoms with Gasteiger partial charge in [0.15, 0.2) is 0 Å². The van der Waals surface area contributed by atoms with Crippen molar-refractivity contribution in [2.45, 2.75) is 64.7 Å². The summed E-state index contributed by atoms with van der Waals surface area (Å²) in [5, 5.41) is 0. The number of hydrogen-bond acceptors (Lipinski definition) is 3. The van der Waals surface area contributed by atoms with Crippen LogP contribution in [0.4, 0.5) is 0 Å². The fourth-order valence-corrected chi connectivity index (χ4v) is 2.75. The van der Waals surface area contributed by atoms with Crippen LogP contribution >= 0.6 is 0 Å². The molecule has 0 bridgehead atoms. The summed E-state index contributed by atoms with van der Waals surface area (Å²) in [6, 6.07) is 0. The Kier molecular flexibility index (Phi) is 8.31. The molecule has 0 N–H and O–H groups in total. The smallest absolute Gasteiger partial charge is 0.308 e. The number of likely N-dealkylation sites (tertiary alicyclic amines) is 1. The lowest BCUT2D eigenvalue weighted by Gasteiger charge is -2.30. The molecule has 20 heavy (non-hydrogen) atoms. The first kappa shape index (κ1) is 17.0. The molecule has 1 saturated heterocycles. The van der Waals surface area contributed by atoms with Gasteiger partial charge in [-0.1, -0.05) is 39.0 Å². The highest BCUT2D eigenvalue weighted by atomic mass is 16.5. The molecule has 1 fully saturated rings. The Morgan fingerprint density at radius 1 is 1.05 bits per heavy atom. The number of nitrogens with zero attached hydrogens (tertiary/aromatic N) is 1. The maximum atomic E-state index is 12.0. The number of methoxy groups -OCH3 is 1. The number of unbranched alkanes of at least 4 members (excludes halogenated alkanes) is 5. The van der Waals surface area contributed by atoms with E-state index in [4.69, 9.17) is 4.74 Å². The normalized spacial score (nSPS) is 16.2. The lowest BCUT2D eigenvalue weighted by atomic mass is 9.96. The molecule has 0 unspecified atom stereocenters.